The molecule has 0 aliphatic carbocycles. The summed E-state index contributed by atoms with van der Waals surface area (Å²) < 4.78 is 0. The van der Waals surface area contributed by atoms with Crippen molar-refractivity contribution in [1.29, 1.82) is 0 Å². The number of amides is 1. The van der Waals surface area contributed by atoms with E-state index >= 15 is 0 Å². The first-order valence-corrected chi connectivity index (χ1v) is 8.70. The zero-order chi connectivity index (χ0) is 19.2. The van der Waals surface area contributed by atoms with Gasteiger partial charge in [-0.15, -0.1) is 0 Å². The van der Waals surface area contributed by atoms with E-state index < -0.39 is 17.9 Å². The van der Waals surface area contributed by atoms with Crippen LogP contribution in [0.15, 0.2) is 72.9 Å². The van der Waals surface area contributed by atoms with E-state index in [9.17, 15) is 14.7 Å². The molecular weight excluding hydrogens is 364 g/mol. The second-order valence-corrected chi connectivity index (χ2v) is 6.43. The van der Waals surface area contributed by atoms with Gasteiger partial charge < -0.3 is 10.4 Å². The molecule has 5 nitrogen and oxygen atoms in total. The zero-order valence-corrected chi connectivity index (χ0v) is 15.1. The highest BCUT2D eigenvalue weighted by molar-refractivity contribution is 6.30. The first-order chi connectivity index (χ1) is 13.0. The molecule has 2 N–H and O–H groups in total. The molecule has 0 bridgehead atoms. The van der Waals surface area contributed by atoms with Crippen LogP contribution in [0.25, 0.3) is 11.1 Å². The summed E-state index contributed by atoms with van der Waals surface area (Å²) in [7, 11) is 0. The van der Waals surface area contributed by atoms with Crippen LogP contribution in [-0.4, -0.2) is 28.0 Å². The molecule has 1 atom stereocenters. The van der Waals surface area contributed by atoms with Crippen LogP contribution in [0.5, 0.6) is 0 Å². The fraction of sp³-hybridized carbons (Fsp3) is 0.0952. The van der Waals surface area contributed by atoms with E-state index in [0.717, 1.165) is 16.7 Å². The molecule has 0 radical (unpaired) electrons. The summed E-state index contributed by atoms with van der Waals surface area (Å²) in [6, 6.07) is 19.4. The Kier molecular flexibility index (Phi) is 5.84. The summed E-state index contributed by atoms with van der Waals surface area (Å²) >= 11 is 5.85. The number of aliphatic carboxylic acids is 1. The third-order valence-electron chi connectivity index (χ3n) is 4.06. The summed E-state index contributed by atoms with van der Waals surface area (Å²) in [6.45, 7) is 0. The van der Waals surface area contributed by atoms with Crippen LogP contribution in [0.4, 0.5) is 0 Å². The second-order valence-electron chi connectivity index (χ2n) is 5.99. The lowest BCUT2D eigenvalue weighted by molar-refractivity contribution is -0.139. The molecule has 0 aliphatic heterocycles. The zero-order valence-electron chi connectivity index (χ0n) is 14.3. The van der Waals surface area contributed by atoms with Crippen LogP contribution in [0.1, 0.15) is 16.1 Å². The smallest absolute Gasteiger partial charge is 0.326 e. The fourth-order valence-corrected chi connectivity index (χ4v) is 2.82. The van der Waals surface area contributed by atoms with E-state index in [1.54, 1.807) is 6.07 Å². The van der Waals surface area contributed by atoms with Crippen LogP contribution in [0.2, 0.25) is 5.02 Å². The minimum absolute atomic E-state index is 0.0770. The Morgan fingerprint density at radius 2 is 1.67 bits per heavy atom. The van der Waals surface area contributed by atoms with Crippen LogP contribution in [0.3, 0.4) is 0 Å². The highest BCUT2D eigenvalue weighted by Gasteiger charge is 2.22. The monoisotopic (exact) mass is 380 g/mol. The van der Waals surface area contributed by atoms with Crippen molar-refractivity contribution in [2.24, 2.45) is 0 Å². The summed E-state index contributed by atoms with van der Waals surface area (Å²) in [5.41, 5.74) is 3.01. The lowest BCUT2D eigenvalue weighted by atomic mass is 10.0. The molecular formula is C21H17ClN2O3. The van der Waals surface area contributed by atoms with Crippen LogP contribution < -0.4 is 5.32 Å². The largest absolute Gasteiger partial charge is 0.480 e. The highest BCUT2D eigenvalue weighted by Crippen LogP contribution is 2.20. The van der Waals surface area contributed by atoms with Gasteiger partial charge in [-0.1, -0.05) is 66.2 Å². The average Bonchev–Trinajstić information content (AvgIpc) is 2.68. The van der Waals surface area contributed by atoms with Gasteiger partial charge in [-0.3, -0.25) is 9.78 Å². The van der Waals surface area contributed by atoms with Crippen molar-refractivity contribution in [3.05, 3.63) is 89.2 Å². The number of carboxylic acids is 1. The Morgan fingerprint density at radius 3 is 2.30 bits per heavy atom. The molecule has 3 rings (SSSR count). The van der Waals surface area contributed by atoms with Gasteiger partial charge in [0.2, 0.25) is 0 Å². The van der Waals surface area contributed by atoms with Crippen molar-refractivity contribution in [1.82, 2.24) is 10.3 Å². The third kappa shape index (κ3) is 4.92. The van der Waals surface area contributed by atoms with Gasteiger partial charge >= 0.3 is 5.97 Å². The summed E-state index contributed by atoms with van der Waals surface area (Å²) in [5, 5.41) is 12.3. The molecule has 6 heteroatoms. The average molecular weight is 381 g/mol. The Labute approximate surface area is 161 Å². The maximum absolute atomic E-state index is 12.2. The van der Waals surface area contributed by atoms with Crippen LogP contribution >= 0.6 is 11.6 Å². The molecule has 3 aromatic rings. The number of benzene rings is 2. The lowest BCUT2D eigenvalue weighted by Gasteiger charge is -2.15. The number of carbonyl (C=O) groups excluding carboxylic acids is 1. The quantitative estimate of drug-likeness (QED) is 0.681. The fourth-order valence-electron chi connectivity index (χ4n) is 2.66. The van der Waals surface area contributed by atoms with Crippen molar-refractivity contribution in [3.63, 3.8) is 0 Å². The number of nitrogens with zero attached hydrogens (tertiary/aromatic N) is 1. The van der Waals surface area contributed by atoms with Gasteiger partial charge in [0, 0.05) is 17.6 Å². The van der Waals surface area contributed by atoms with Gasteiger partial charge in [0.25, 0.3) is 5.91 Å². The van der Waals surface area contributed by atoms with E-state index in [1.807, 2.05) is 54.6 Å². The van der Waals surface area contributed by atoms with Gasteiger partial charge in [0.1, 0.15) is 11.7 Å². The van der Waals surface area contributed by atoms with E-state index in [1.165, 1.54) is 12.3 Å². The summed E-state index contributed by atoms with van der Waals surface area (Å²) in [5.74, 6) is -1.69. The molecule has 136 valence electrons. The van der Waals surface area contributed by atoms with E-state index in [-0.39, 0.29) is 12.1 Å². The van der Waals surface area contributed by atoms with Gasteiger partial charge in [-0.05, 0) is 28.8 Å². The summed E-state index contributed by atoms with van der Waals surface area (Å²) in [4.78, 5) is 27.7. The van der Waals surface area contributed by atoms with Crippen molar-refractivity contribution >= 4 is 23.5 Å². The summed E-state index contributed by atoms with van der Waals surface area (Å²) in [6.07, 6.45) is 1.56. The first-order valence-electron chi connectivity index (χ1n) is 8.32. The molecule has 1 aromatic heterocycles. The lowest BCUT2D eigenvalue weighted by Crippen LogP contribution is -2.42. The van der Waals surface area contributed by atoms with Crippen LogP contribution in [-0.2, 0) is 11.2 Å². The van der Waals surface area contributed by atoms with Gasteiger partial charge in [0.15, 0.2) is 0 Å². The number of hydrogen-bond donors (Lipinski definition) is 2. The molecule has 0 saturated heterocycles. The third-order valence-corrected chi connectivity index (χ3v) is 4.29. The van der Waals surface area contributed by atoms with Gasteiger partial charge in [-0.2, -0.15) is 0 Å². The number of carboxylic acid groups (broad SMARTS) is 1. The number of carbonyl (C=O) groups is 2. The van der Waals surface area contributed by atoms with Crippen LogP contribution in [0, 0.1) is 0 Å². The minimum Gasteiger partial charge on any atom is -0.480 e. The predicted octanol–water partition coefficient (Wildman–Crippen LogP) is 3.83. The maximum atomic E-state index is 12.2. The number of aromatic nitrogens is 1. The number of pyridine rings is 1. The molecule has 27 heavy (non-hydrogen) atoms. The number of halogens is 1. The molecule has 0 fully saturated rings. The van der Waals surface area contributed by atoms with E-state index in [2.05, 4.69) is 10.3 Å². The number of nitrogens with one attached hydrogen (secondary N) is 1. The Bertz CT molecular complexity index is 943. The Balaban J connectivity index is 1.71. The highest BCUT2D eigenvalue weighted by atomic mass is 35.5. The Morgan fingerprint density at radius 1 is 1.00 bits per heavy atom. The normalized spacial score (nSPS) is 11.6. The Hall–Kier alpha value is -3.18. The molecule has 1 unspecified atom stereocenters. The van der Waals surface area contributed by atoms with Gasteiger partial charge in [0.05, 0.1) is 0 Å². The molecule has 0 spiro atoms. The van der Waals surface area contributed by atoms with Crippen molar-refractivity contribution in [2.75, 3.05) is 0 Å². The van der Waals surface area contributed by atoms with Crippen molar-refractivity contribution < 1.29 is 14.7 Å². The SMILES string of the molecule is O=C(NC(Cc1ccc(-c2ccccc2)cc1)C(=O)O)c1cc(Cl)ccn1. The minimum atomic E-state index is -1.11. The predicted molar refractivity (Wildman–Crippen MR) is 104 cm³/mol. The standard InChI is InChI=1S/C21H17ClN2O3/c22-17-10-11-23-18(13-17)20(25)24-19(21(26)27)12-14-6-8-16(9-7-14)15-4-2-1-3-5-15/h1-11,13,19H,12H2,(H,24,25)(H,26,27). The second kappa shape index (κ2) is 8.47. The van der Waals surface area contributed by atoms with Crippen molar-refractivity contribution in [3.8, 4) is 11.1 Å². The maximum Gasteiger partial charge on any atom is 0.326 e. The first kappa shape index (κ1) is 18.6. The van der Waals surface area contributed by atoms with Crippen molar-refractivity contribution in [2.45, 2.75) is 12.5 Å². The number of hydrogen-bond acceptors (Lipinski definition) is 3. The topological polar surface area (TPSA) is 79.3 Å². The molecule has 2 aromatic carbocycles. The van der Waals surface area contributed by atoms with Gasteiger partial charge in [-0.25, -0.2) is 4.79 Å². The molecule has 0 aliphatic rings. The number of rotatable bonds is 6. The van der Waals surface area contributed by atoms with E-state index in [4.69, 9.17) is 11.6 Å². The molecule has 0 saturated carbocycles. The van der Waals surface area contributed by atoms with E-state index in [0.29, 0.717) is 5.02 Å². The molecule has 1 heterocycles. The molecule has 1 amide bonds.